The topological polar surface area (TPSA) is 78.5 Å². The molecule has 29 heavy (non-hydrogen) atoms. The summed E-state index contributed by atoms with van der Waals surface area (Å²) in [5, 5.41) is 6.01. The van der Waals surface area contributed by atoms with Crippen molar-refractivity contribution in [3.8, 4) is 0 Å². The summed E-state index contributed by atoms with van der Waals surface area (Å²) in [7, 11) is 0. The third kappa shape index (κ3) is 3.89. The van der Waals surface area contributed by atoms with E-state index in [-0.39, 0.29) is 23.3 Å². The first-order valence-electron chi connectivity index (χ1n) is 11.0. The number of hydrogen-bond acceptors (Lipinski definition) is 3. The second-order valence-corrected chi connectivity index (χ2v) is 8.91. The van der Waals surface area contributed by atoms with Crippen molar-refractivity contribution in [2.75, 3.05) is 13.1 Å². The van der Waals surface area contributed by atoms with Gasteiger partial charge in [0, 0.05) is 24.9 Å². The third-order valence-electron chi connectivity index (χ3n) is 7.06. The zero-order valence-electron chi connectivity index (χ0n) is 17.0. The highest BCUT2D eigenvalue weighted by atomic mass is 16.2. The summed E-state index contributed by atoms with van der Waals surface area (Å²) < 4.78 is 0. The first-order valence-corrected chi connectivity index (χ1v) is 11.0. The molecule has 0 bridgehead atoms. The number of hydrogen-bond donors (Lipinski definition) is 2. The van der Waals surface area contributed by atoms with Crippen LogP contribution in [-0.2, 0) is 15.0 Å². The normalized spacial score (nSPS) is 22.3. The monoisotopic (exact) mass is 397 g/mol. The van der Waals surface area contributed by atoms with Gasteiger partial charge in [0.05, 0.1) is 0 Å². The van der Waals surface area contributed by atoms with E-state index in [4.69, 9.17) is 0 Å². The number of amides is 4. The minimum atomic E-state index is -0.663. The van der Waals surface area contributed by atoms with Crippen molar-refractivity contribution < 1.29 is 14.4 Å². The van der Waals surface area contributed by atoms with E-state index in [0.717, 1.165) is 38.5 Å². The van der Waals surface area contributed by atoms with Crippen LogP contribution in [0.3, 0.4) is 0 Å². The number of rotatable bonds is 7. The summed E-state index contributed by atoms with van der Waals surface area (Å²) in [5.41, 5.74) is 0.680. The van der Waals surface area contributed by atoms with Gasteiger partial charge >= 0.3 is 6.03 Å². The minimum absolute atomic E-state index is 0.00478. The maximum atomic E-state index is 12.7. The van der Waals surface area contributed by atoms with Crippen LogP contribution in [0.25, 0.3) is 0 Å². The number of imide groups is 1. The number of carbonyl (C=O) groups is 3. The predicted molar refractivity (Wildman–Crippen MR) is 110 cm³/mol. The average Bonchev–Trinajstić information content (AvgIpc) is 3.45. The molecule has 0 radical (unpaired) electrons. The van der Waals surface area contributed by atoms with Crippen molar-refractivity contribution in [2.24, 2.45) is 0 Å². The van der Waals surface area contributed by atoms with E-state index in [1.165, 1.54) is 23.3 Å². The first kappa shape index (κ1) is 19.9. The molecule has 156 valence electrons. The number of benzene rings is 1. The zero-order chi connectivity index (χ0) is 20.3. The van der Waals surface area contributed by atoms with Gasteiger partial charge in [-0.3, -0.25) is 14.5 Å². The molecule has 1 aromatic carbocycles. The summed E-state index contributed by atoms with van der Waals surface area (Å²) in [6.45, 7) is 0.964. The lowest BCUT2D eigenvalue weighted by Crippen LogP contribution is -2.44. The molecule has 2 N–H and O–H groups in total. The van der Waals surface area contributed by atoms with Gasteiger partial charge in [0.2, 0.25) is 5.91 Å². The van der Waals surface area contributed by atoms with E-state index in [1.807, 2.05) is 6.07 Å². The molecule has 0 atom stereocenters. The maximum Gasteiger partial charge on any atom is 0.325 e. The van der Waals surface area contributed by atoms with Crippen LogP contribution < -0.4 is 10.6 Å². The molecule has 6 nitrogen and oxygen atoms in total. The fourth-order valence-electron chi connectivity index (χ4n) is 5.36. The highest BCUT2D eigenvalue weighted by molar-refractivity contribution is 6.07. The molecule has 1 aromatic rings. The summed E-state index contributed by atoms with van der Waals surface area (Å²) in [6.07, 6.45) is 8.83. The van der Waals surface area contributed by atoms with Crippen LogP contribution in [0.15, 0.2) is 30.3 Å². The van der Waals surface area contributed by atoms with Gasteiger partial charge in [-0.05, 0) is 37.7 Å². The Labute approximate surface area is 172 Å². The maximum absolute atomic E-state index is 12.7. The Morgan fingerprint density at radius 1 is 1.00 bits per heavy atom. The van der Waals surface area contributed by atoms with Gasteiger partial charge in [0.15, 0.2) is 0 Å². The Hall–Kier alpha value is -2.37. The lowest BCUT2D eigenvalue weighted by atomic mass is 9.79. The van der Waals surface area contributed by atoms with E-state index < -0.39 is 5.54 Å². The molecular weight excluding hydrogens is 366 g/mol. The van der Waals surface area contributed by atoms with Gasteiger partial charge in [0.25, 0.3) is 5.91 Å². The fourth-order valence-corrected chi connectivity index (χ4v) is 5.36. The van der Waals surface area contributed by atoms with Crippen molar-refractivity contribution in [2.45, 2.75) is 75.2 Å². The highest BCUT2D eigenvalue weighted by Crippen LogP contribution is 2.40. The number of nitrogens with zero attached hydrogens (tertiary/aromatic N) is 1. The SMILES string of the molecule is O=C(CCCN1C(=O)NC2(CCCC2)C1=O)NCC1(c2ccccc2)CCCC1. The second kappa shape index (κ2) is 8.17. The van der Waals surface area contributed by atoms with Crippen molar-refractivity contribution >= 4 is 17.8 Å². The van der Waals surface area contributed by atoms with E-state index >= 15 is 0 Å². The van der Waals surface area contributed by atoms with E-state index in [1.54, 1.807) is 0 Å². The molecule has 6 heteroatoms. The Morgan fingerprint density at radius 3 is 2.34 bits per heavy atom. The first-order chi connectivity index (χ1) is 14.0. The quantitative estimate of drug-likeness (QED) is 0.693. The fraction of sp³-hybridized carbons (Fsp3) is 0.609. The largest absolute Gasteiger partial charge is 0.355 e. The number of carbonyl (C=O) groups excluding carboxylic acids is 3. The standard InChI is InChI=1S/C23H31N3O3/c27-19(24-17-22(12-4-5-13-22)18-9-2-1-3-10-18)11-8-16-26-20(28)23(25-21(26)29)14-6-7-15-23/h1-3,9-10H,4-8,11-17H2,(H,24,27)(H,25,29). The van der Waals surface area contributed by atoms with E-state index in [0.29, 0.717) is 25.9 Å². The third-order valence-corrected chi connectivity index (χ3v) is 7.06. The molecule has 2 saturated carbocycles. The van der Waals surface area contributed by atoms with Crippen molar-refractivity contribution in [1.29, 1.82) is 0 Å². The van der Waals surface area contributed by atoms with Gasteiger partial charge < -0.3 is 10.6 Å². The molecule has 4 amide bonds. The summed E-state index contributed by atoms with van der Waals surface area (Å²) >= 11 is 0. The Kier molecular flexibility index (Phi) is 5.61. The second-order valence-electron chi connectivity index (χ2n) is 8.91. The average molecular weight is 398 g/mol. The van der Waals surface area contributed by atoms with Crippen LogP contribution in [0.2, 0.25) is 0 Å². The highest BCUT2D eigenvalue weighted by Gasteiger charge is 2.52. The molecule has 1 heterocycles. The predicted octanol–water partition coefficient (Wildman–Crippen LogP) is 3.26. The summed E-state index contributed by atoms with van der Waals surface area (Å²) in [4.78, 5) is 38.6. The van der Waals surface area contributed by atoms with E-state index in [9.17, 15) is 14.4 Å². The van der Waals surface area contributed by atoms with Gasteiger partial charge in [-0.25, -0.2) is 4.79 Å². The van der Waals surface area contributed by atoms with Crippen molar-refractivity contribution in [3.05, 3.63) is 35.9 Å². The molecule has 3 fully saturated rings. The van der Waals surface area contributed by atoms with Crippen LogP contribution in [0.1, 0.15) is 69.8 Å². The number of nitrogens with one attached hydrogen (secondary N) is 2. The van der Waals surface area contributed by atoms with Crippen LogP contribution in [0, 0.1) is 0 Å². The van der Waals surface area contributed by atoms with Crippen molar-refractivity contribution in [3.63, 3.8) is 0 Å². The van der Waals surface area contributed by atoms with Gasteiger partial charge in [0.1, 0.15) is 5.54 Å². The van der Waals surface area contributed by atoms with Crippen LogP contribution in [-0.4, -0.2) is 41.4 Å². The smallest absolute Gasteiger partial charge is 0.325 e. The molecule has 1 spiro atoms. The molecule has 0 aromatic heterocycles. The Balaban J connectivity index is 1.26. The molecule has 1 aliphatic heterocycles. The summed E-state index contributed by atoms with van der Waals surface area (Å²) in [5.74, 6) is -0.107. The molecule has 0 unspecified atom stereocenters. The molecule has 2 aliphatic carbocycles. The number of urea groups is 1. The molecular formula is C23H31N3O3. The van der Waals surface area contributed by atoms with Crippen LogP contribution >= 0.6 is 0 Å². The van der Waals surface area contributed by atoms with Gasteiger partial charge in [-0.1, -0.05) is 56.0 Å². The van der Waals surface area contributed by atoms with Gasteiger partial charge in [-0.15, -0.1) is 0 Å². The molecule has 1 saturated heterocycles. The molecule has 3 aliphatic rings. The van der Waals surface area contributed by atoms with Crippen molar-refractivity contribution in [1.82, 2.24) is 15.5 Å². The van der Waals surface area contributed by atoms with Crippen LogP contribution in [0.4, 0.5) is 4.79 Å². The molecule has 4 rings (SSSR count). The minimum Gasteiger partial charge on any atom is -0.355 e. The Bertz CT molecular complexity index is 765. The lowest BCUT2D eigenvalue weighted by Gasteiger charge is -2.30. The summed E-state index contributed by atoms with van der Waals surface area (Å²) in [6, 6.07) is 10.2. The lowest BCUT2D eigenvalue weighted by molar-refractivity contribution is -0.131. The van der Waals surface area contributed by atoms with Gasteiger partial charge in [-0.2, -0.15) is 0 Å². The van der Waals surface area contributed by atoms with Crippen LogP contribution in [0.5, 0.6) is 0 Å². The Morgan fingerprint density at radius 2 is 1.66 bits per heavy atom. The zero-order valence-corrected chi connectivity index (χ0v) is 17.0. The van der Waals surface area contributed by atoms with E-state index in [2.05, 4.69) is 34.9 Å².